The predicted molar refractivity (Wildman–Crippen MR) is 71.5 cm³/mol. The van der Waals surface area contributed by atoms with Crippen LogP contribution in [0.15, 0.2) is 11.4 Å². The lowest BCUT2D eigenvalue weighted by atomic mass is 10.1. The van der Waals surface area contributed by atoms with E-state index in [9.17, 15) is 0 Å². The van der Waals surface area contributed by atoms with Crippen LogP contribution in [0.4, 0.5) is 0 Å². The van der Waals surface area contributed by atoms with E-state index >= 15 is 0 Å². The van der Waals surface area contributed by atoms with Crippen LogP contribution in [0, 0.1) is 11.8 Å². The SMILES string of the molecule is OCCC#Cc1ccsc1COC1CCOCC1. The predicted octanol–water partition coefficient (Wildman–Crippen LogP) is 2.18. The van der Waals surface area contributed by atoms with E-state index in [2.05, 4.69) is 11.8 Å². The van der Waals surface area contributed by atoms with Crippen LogP contribution in [0.25, 0.3) is 0 Å². The molecule has 2 rings (SSSR count). The van der Waals surface area contributed by atoms with Crippen LogP contribution in [0.3, 0.4) is 0 Å². The first-order chi connectivity index (χ1) is 8.90. The van der Waals surface area contributed by atoms with Crippen molar-refractivity contribution in [2.24, 2.45) is 0 Å². The normalized spacial score (nSPS) is 16.3. The molecule has 0 radical (unpaired) electrons. The van der Waals surface area contributed by atoms with E-state index in [1.165, 1.54) is 4.88 Å². The summed E-state index contributed by atoms with van der Waals surface area (Å²) in [7, 11) is 0. The van der Waals surface area contributed by atoms with Crippen molar-refractivity contribution in [1.29, 1.82) is 0 Å². The van der Waals surface area contributed by atoms with Crippen molar-refractivity contribution in [3.63, 3.8) is 0 Å². The molecule has 4 heteroatoms. The Labute approximate surface area is 112 Å². The summed E-state index contributed by atoms with van der Waals surface area (Å²) in [5.41, 5.74) is 1.03. The fraction of sp³-hybridized carbons (Fsp3) is 0.571. The van der Waals surface area contributed by atoms with E-state index in [1.54, 1.807) is 11.3 Å². The highest BCUT2D eigenvalue weighted by Crippen LogP contribution is 2.20. The van der Waals surface area contributed by atoms with E-state index in [0.717, 1.165) is 31.6 Å². The Hall–Kier alpha value is -0.860. The van der Waals surface area contributed by atoms with Gasteiger partial charge in [0.2, 0.25) is 0 Å². The van der Waals surface area contributed by atoms with Gasteiger partial charge in [-0.05, 0) is 24.3 Å². The van der Waals surface area contributed by atoms with Crippen molar-refractivity contribution in [1.82, 2.24) is 0 Å². The largest absolute Gasteiger partial charge is 0.395 e. The van der Waals surface area contributed by atoms with E-state index in [-0.39, 0.29) is 6.61 Å². The molecule has 0 aromatic carbocycles. The number of hydrogen-bond acceptors (Lipinski definition) is 4. The summed E-state index contributed by atoms with van der Waals surface area (Å²) in [6, 6.07) is 2.01. The molecular formula is C14H18O3S. The number of thiophene rings is 1. The van der Waals surface area contributed by atoms with Gasteiger partial charge in [0.05, 0.1) is 19.3 Å². The molecule has 0 atom stereocenters. The van der Waals surface area contributed by atoms with Gasteiger partial charge in [-0.1, -0.05) is 11.8 Å². The number of ether oxygens (including phenoxy) is 2. The topological polar surface area (TPSA) is 38.7 Å². The Morgan fingerprint density at radius 1 is 1.44 bits per heavy atom. The van der Waals surface area contributed by atoms with Crippen LogP contribution in [-0.4, -0.2) is 31.0 Å². The Kier molecular flexibility index (Phi) is 5.69. The van der Waals surface area contributed by atoms with Crippen molar-refractivity contribution in [2.45, 2.75) is 32.0 Å². The summed E-state index contributed by atoms with van der Waals surface area (Å²) in [5.74, 6) is 6.02. The summed E-state index contributed by atoms with van der Waals surface area (Å²) < 4.78 is 11.2. The molecular weight excluding hydrogens is 248 g/mol. The molecule has 98 valence electrons. The monoisotopic (exact) mass is 266 g/mol. The van der Waals surface area contributed by atoms with Gasteiger partial charge in [0, 0.05) is 30.1 Å². The van der Waals surface area contributed by atoms with E-state index in [4.69, 9.17) is 14.6 Å². The Morgan fingerprint density at radius 2 is 2.28 bits per heavy atom. The Balaban J connectivity index is 1.85. The smallest absolute Gasteiger partial charge is 0.0825 e. The number of rotatable bonds is 4. The maximum absolute atomic E-state index is 8.70. The van der Waals surface area contributed by atoms with Gasteiger partial charge in [-0.25, -0.2) is 0 Å². The molecule has 0 amide bonds. The van der Waals surface area contributed by atoms with Gasteiger partial charge in [-0.2, -0.15) is 0 Å². The van der Waals surface area contributed by atoms with Crippen molar-refractivity contribution >= 4 is 11.3 Å². The lowest BCUT2D eigenvalue weighted by Crippen LogP contribution is -2.23. The average Bonchev–Trinajstić information content (AvgIpc) is 2.86. The summed E-state index contributed by atoms with van der Waals surface area (Å²) in [6.07, 6.45) is 2.81. The minimum Gasteiger partial charge on any atom is -0.395 e. The Bertz CT molecular complexity index is 410. The van der Waals surface area contributed by atoms with E-state index in [1.807, 2.05) is 11.4 Å². The standard InChI is InChI=1S/C14H18O3S/c15-7-2-1-3-12-6-10-18-14(12)11-17-13-4-8-16-9-5-13/h6,10,13,15H,2,4-5,7-9,11H2. The van der Waals surface area contributed by atoms with Crippen LogP contribution >= 0.6 is 11.3 Å². The highest BCUT2D eigenvalue weighted by atomic mass is 32.1. The minimum absolute atomic E-state index is 0.116. The van der Waals surface area contributed by atoms with Crippen molar-refractivity contribution in [2.75, 3.05) is 19.8 Å². The first-order valence-corrected chi connectivity index (χ1v) is 7.13. The molecule has 0 unspecified atom stereocenters. The van der Waals surface area contributed by atoms with Crippen LogP contribution in [0.5, 0.6) is 0 Å². The highest BCUT2D eigenvalue weighted by molar-refractivity contribution is 7.10. The first kappa shape index (κ1) is 13.6. The summed E-state index contributed by atoms with van der Waals surface area (Å²) in [4.78, 5) is 1.17. The molecule has 1 fully saturated rings. The second-order valence-electron chi connectivity index (χ2n) is 4.16. The average molecular weight is 266 g/mol. The molecule has 0 bridgehead atoms. The third-order valence-electron chi connectivity index (χ3n) is 2.82. The highest BCUT2D eigenvalue weighted by Gasteiger charge is 2.14. The lowest BCUT2D eigenvalue weighted by molar-refractivity contribution is -0.0383. The molecule has 3 nitrogen and oxygen atoms in total. The molecule has 1 saturated heterocycles. The van der Waals surface area contributed by atoms with Gasteiger partial charge < -0.3 is 14.6 Å². The summed E-state index contributed by atoms with van der Waals surface area (Å²) in [5, 5.41) is 10.7. The van der Waals surface area contributed by atoms with Crippen LogP contribution in [0.1, 0.15) is 29.7 Å². The minimum atomic E-state index is 0.116. The fourth-order valence-electron chi connectivity index (χ4n) is 1.81. The zero-order chi connectivity index (χ0) is 12.6. The van der Waals surface area contributed by atoms with Gasteiger partial charge in [0.1, 0.15) is 0 Å². The second-order valence-corrected chi connectivity index (χ2v) is 5.16. The van der Waals surface area contributed by atoms with Gasteiger partial charge in [-0.15, -0.1) is 11.3 Å². The van der Waals surface area contributed by atoms with E-state index < -0.39 is 0 Å². The molecule has 2 heterocycles. The van der Waals surface area contributed by atoms with Crippen LogP contribution in [-0.2, 0) is 16.1 Å². The van der Waals surface area contributed by atoms with Crippen LogP contribution in [0.2, 0.25) is 0 Å². The third-order valence-corrected chi connectivity index (χ3v) is 3.72. The van der Waals surface area contributed by atoms with Crippen molar-refractivity contribution < 1.29 is 14.6 Å². The quantitative estimate of drug-likeness (QED) is 0.849. The molecule has 1 aromatic heterocycles. The molecule has 1 aliphatic rings. The third kappa shape index (κ3) is 4.11. The molecule has 0 spiro atoms. The van der Waals surface area contributed by atoms with Gasteiger partial charge in [0.15, 0.2) is 0 Å². The maximum Gasteiger partial charge on any atom is 0.0825 e. The molecule has 0 aliphatic carbocycles. The first-order valence-electron chi connectivity index (χ1n) is 6.25. The zero-order valence-corrected chi connectivity index (χ0v) is 11.2. The van der Waals surface area contributed by atoms with Crippen molar-refractivity contribution in [3.8, 4) is 11.8 Å². The summed E-state index contributed by atoms with van der Waals surface area (Å²) in [6.45, 7) is 2.35. The van der Waals surface area contributed by atoms with Crippen molar-refractivity contribution in [3.05, 3.63) is 21.9 Å². The summed E-state index contributed by atoms with van der Waals surface area (Å²) >= 11 is 1.67. The second kappa shape index (κ2) is 7.55. The number of aliphatic hydroxyl groups is 1. The molecule has 1 N–H and O–H groups in total. The molecule has 18 heavy (non-hydrogen) atoms. The fourth-order valence-corrected chi connectivity index (χ4v) is 2.56. The van der Waals surface area contributed by atoms with Gasteiger partial charge in [-0.3, -0.25) is 0 Å². The zero-order valence-electron chi connectivity index (χ0n) is 10.4. The van der Waals surface area contributed by atoms with Crippen LogP contribution < -0.4 is 0 Å². The lowest BCUT2D eigenvalue weighted by Gasteiger charge is -2.22. The Morgan fingerprint density at radius 3 is 3.06 bits per heavy atom. The number of aliphatic hydroxyl groups excluding tert-OH is 1. The maximum atomic E-state index is 8.70. The molecule has 0 saturated carbocycles. The number of hydrogen-bond donors (Lipinski definition) is 1. The molecule has 1 aromatic rings. The van der Waals surface area contributed by atoms with E-state index in [0.29, 0.717) is 19.1 Å². The van der Waals surface area contributed by atoms with Gasteiger partial charge in [0.25, 0.3) is 0 Å². The van der Waals surface area contributed by atoms with Gasteiger partial charge >= 0.3 is 0 Å². The molecule has 1 aliphatic heterocycles.